The first-order valence-electron chi connectivity index (χ1n) is 8.18. The van der Waals surface area contributed by atoms with Gasteiger partial charge in [-0.05, 0) is 24.1 Å². The molecule has 0 bridgehead atoms. The van der Waals surface area contributed by atoms with E-state index in [-0.39, 0.29) is 5.66 Å². The summed E-state index contributed by atoms with van der Waals surface area (Å²) >= 11 is 0. The number of hydrogen-bond acceptors (Lipinski definition) is 4. The summed E-state index contributed by atoms with van der Waals surface area (Å²) in [6.07, 6.45) is 0.363. The third-order valence-electron chi connectivity index (χ3n) is 3.77. The zero-order valence-electron chi connectivity index (χ0n) is 14.7. The first-order chi connectivity index (χ1) is 11.9. The molecular weight excluding hydrogens is 337 g/mol. The van der Waals surface area contributed by atoms with E-state index in [1.807, 2.05) is 48.5 Å². The van der Waals surface area contributed by atoms with Crippen molar-refractivity contribution < 1.29 is 18.6 Å². The van der Waals surface area contributed by atoms with Gasteiger partial charge < -0.3 is 9.26 Å². The third-order valence-corrected chi connectivity index (χ3v) is 6.28. The number of nitrogens with one attached hydrogen (secondary N) is 1. The van der Waals surface area contributed by atoms with E-state index < -0.39 is 19.5 Å². The minimum atomic E-state index is -3.32. The van der Waals surface area contributed by atoms with Crippen molar-refractivity contribution in [3.05, 3.63) is 66.2 Å². The Kier molecular flexibility index (Phi) is 6.80. The molecule has 0 radical (unpaired) electrons. The number of esters is 1. The van der Waals surface area contributed by atoms with Gasteiger partial charge in [0.1, 0.15) is 11.8 Å². The van der Waals surface area contributed by atoms with E-state index in [1.54, 1.807) is 26.0 Å². The van der Waals surface area contributed by atoms with Crippen LogP contribution in [0.25, 0.3) is 0 Å². The molecule has 0 aliphatic rings. The van der Waals surface area contributed by atoms with Crippen LogP contribution in [0.4, 0.5) is 0 Å². The number of rotatable bonds is 8. The summed E-state index contributed by atoms with van der Waals surface area (Å²) in [6.45, 7) is 3.60. The molecule has 0 heterocycles. The predicted octanol–water partition coefficient (Wildman–Crippen LogP) is 4.04. The van der Waals surface area contributed by atoms with Crippen LogP contribution in [-0.4, -0.2) is 24.8 Å². The number of benzene rings is 2. The van der Waals surface area contributed by atoms with E-state index in [0.29, 0.717) is 12.2 Å². The molecule has 1 N–H and O–H groups in total. The van der Waals surface area contributed by atoms with Crippen LogP contribution >= 0.6 is 7.52 Å². The van der Waals surface area contributed by atoms with Gasteiger partial charge in [-0.2, -0.15) is 0 Å². The van der Waals surface area contributed by atoms with Gasteiger partial charge in [-0.15, -0.1) is 0 Å². The predicted molar refractivity (Wildman–Crippen MR) is 98.9 cm³/mol. The molecule has 0 saturated heterocycles. The van der Waals surface area contributed by atoms with E-state index in [2.05, 4.69) is 5.09 Å². The second kappa shape index (κ2) is 8.84. The van der Waals surface area contributed by atoms with E-state index in [4.69, 9.17) is 9.26 Å². The maximum Gasteiger partial charge on any atom is 0.323 e. The Morgan fingerprint density at radius 2 is 1.60 bits per heavy atom. The summed E-state index contributed by atoms with van der Waals surface area (Å²) in [4.78, 5) is 12.2. The summed E-state index contributed by atoms with van der Waals surface area (Å²) in [5.74, 6) is 0.0248. The highest BCUT2D eigenvalue weighted by atomic mass is 31.2. The van der Waals surface area contributed by atoms with Crippen LogP contribution in [-0.2, 0) is 20.5 Å². The van der Waals surface area contributed by atoms with Crippen molar-refractivity contribution in [2.45, 2.75) is 32.0 Å². The van der Waals surface area contributed by atoms with Gasteiger partial charge in [-0.3, -0.25) is 9.36 Å². The SMILES string of the molecule is COC(=O)[C@H](Cc1ccccc1)NP(=O)(Oc1ccccc1)C(C)C. The van der Waals surface area contributed by atoms with Gasteiger partial charge in [0, 0.05) is 0 Å². The monoisotopic (exact) mass is 361 g/mol. The molecule has 2 rings (SSSR count). The summed E-state index contributed by atoms with van der Waals surface area (Å²) in [5.41, 5.74) is 0.635. The fourth-order valence-corrected chi connectivity index (χ4v) is 3.94. The van der Waals surface area contributed by atoms with Crippen LogP contribution in [0.3, 0.4) is 0 Å². The van der Waals surface area contributed by atoms with E-state index in [1.165, 1.54) is 7.11 Å². The molecular formula is C19H24NO4P. The molecule has 0 aliphatic heterocycles. The van der Waals surface area contributed by atoms with E-state index >= 15 is 0 Å². The third kappa shape index (κ3) is 5.45. The Labute approximate surface area is 148 Å². The molecule has 1 unspecified atom stereocenters. The number of carbonyl (C=O) groups excluding carboxylic acids is 1. The molecule has 0 aliphatic carbocycles. The average molecular weight is 361 g/mol. The topological polar surface area (TPSA) is 64.6 Å². The molecule has 6 heteroatoms. The molecule has 25 heavy (non-hydrogen) atoms. The highest BCUT2D eigenvalue weighted by Gasteiger charge is 2.35. The Morgan fingerprint density at radius 3 is 2.12 bits per heavy atom. The smallest absolute Gasteiger partial charge is 0.323 e. The van der Waals surface area contributed by atoms with Crippen LogP contribution in [0.15, 0.2) is 60.7 Å². The van der Waals surface area contributed by atoms with Crippen LogP contribution in [0.5, 0.6) is 5.75 Å². The first kappa shape index (κ1) is 19.2. The Balaban J connectivity index is 2.23. The minimum Gasteiger partial charge on any atom is -0.468 e. The van der Waals surface area contributed by atoms with Crippen LogP contribution in [0.1, 0.15) is 19.4 Å². The molecule has 0 amide bonds. The maximum atomic E-state index is 13.4. The average Bonchev–Trinajstić information content (AvgIpc) is 2.62. The first-order valence-corrected chi connectivity index (χ1v) is 9.88. The van der Waals surface area contributed by atoms with Gasteiger partial charge in [0.2, 0.25) is 0 Å². The van der Waals surface area contributed by atoms with E-state index in [9.17, 15) is 9.36 Å². The molecule has 0 spiro atoms. The minimum absolute atomic E-state index is 0.310. The zero-order valence-corrected chi connectivity index (χ0v) is 15.6. The molecule has 0 saturated carbocycles. The van der Waals surface area contributed by atoms with Crippen molar-refractivity contribution in [1.29, 1.82) is 0 Å². The van der Waals surface area contributed by atoms with Crippen molar-refractivity contribution in [2.24, 2.45) is 0 Å². The lowest BCUT2D eigenvalue weighted by molar-refractivity contribution is -0.142. The summed E-state index contributed by atoms with van der Waals surface area (Å²) in [5, 5.41) is 2.94. The second-order valence-electron chi connectivity index (χ2n) is 5.99. The number of hydrogen-bond donors (Lipinski definition) is 1. The maximum absolute atomic E-state index is 13.4. The summed E-state index contributed by atoms with van der Waals surface area (Å²) < 4.78 is 24.0. The zero-order chi connectivity index (χ0) is 18.3. The quantitative estimate of drug-likeness (QED) is 0.568. The van der Waals surface area contributed by atoms with E-state index in [0.717, 1.165) is 5.56 Å². The normalized spacial score (nSPS) is 14.6. The molecule has 5 nitrogen and oxygen atoms in total. The molecule has 2 atom stereocenters. The molecule has 0 aromatic heterocycles. The number of methoxy groups -OCH3 is 1. The molecule has 134 valence electrons. The van der Waals surface area contributed by atoms with Crippen molar-refractivity contribution in [2.75, 3.05) is 7.11 Å². The summed E-state index contributed by atoms with van der Waals surface area (Å²) in [6, 6.07) is 17.7. The number of para-hydroxylation sites is 1. The van der Waals surface area contributed by atoms with Gasteiger partial charge >= 0.3 is 13.5 Å². The number of ether oxygens (including phenoxy) is 1. The Morgan fingerprint density at radius 1 is 1.04 bits per heavy atom. The Bertz CT molecular complexity index is 719. The largest absolute Gasteiger partial charge is 0.468 e. The van der Waals surface area contributed by atoms with Gasteiger partial charge in [0.25, 0.3) is 0 Å². The van der Waals surface area contributed by atoms with Crippen molar-refractivity contribution in [1.82, 2.24) is 5.09 Å². The lowest BCUT2D eigenvalue weighted by Crippen LogP contribution is -2.40. The Hall–Kier alpha value is -2.10. The van der Waals surface area contributed by atoms with Crippen LogP contribution < -0.4 is 9.61 Å². The van der Waals surface area contributed by atoms with Gasteiger partial charge in [0.05, 0.1) is 12.8 Å². The second-order valence-corrected chi connectivity index (χ2v) is 8.66. The standard InChI is InChI=1S/C19H24NO4P/c1-15(2)25(22,24-17-12-8-5-9-13-17)20-18(19(21)23-3)14-16-10-6-4-7-11-16/h4-13,15,18H,14H2,1-3H3,(H,20,22)/t18-,25?/m0/s1. The van der Waals surface area contributed by atoms with Crippen molar-refractivity contribution in [3.63, 3.8) is 0 Å². The van der Waals surface area contributed by atoms with Crippen molar-refractivity contribution in [3.8, 4) is 5.75 Å². The van der Waals surface area contributed by atoms with Crippen molar-refractivity contribution >= 4 is 13.5 Å². The lowest BCUT2D eigenvalue weighted by atomic mass is 10.1. The number of carbonyl (C=O) groups is 1. The van der Waals surface area contributed by atoms with Crippen LogP contribution in [0, 0.1) is 0 Å². The van der Waals surface area contributed by atoms with Gasteiger partial charge in [-0.1, -0.05) is 62.4 Å². The summed E-state index contributed by atoms with van der Waals surface area (Å²) in [7, 11) is -2.00. The molecule has 2 aromatic carbocycles. The highest BCUT2D eigenvalue weighted by Crippen LogP contribution is 2.48. The van der Waals surface area contributed by atoms with Gasteiger partial charge in [-0.25, -0.2) is 5.09 Å². The van der Waals surface area contributed by atoms with Crippen LogP contribution in [0.2, 0.25) is 0 Å². The van der Waals surface area contributed by atoms with Gasteiger partial charge in [0.15, 0.2) is 0 Å². The lowest BCUT2D eigenvalue weighted by Gasteiger charge is -2.27. The molecule has 2 aromatic rings. The fourth-order valence-electron chi connectivity index (χ4n) is 2.31. The molecule has 0 fully saturated rings. The highest BCUT2D eigenvalue weighted by molar-refractivity contribution is 7.58. The fraction of sp³-hybridized carbons (Fsp3) is 0.316.